The third-order valence-corrected chi connectivity index (χ3v) is 6.14. The van der Waals surface area contributed by atoms with Gasteiger partial charge in [0.1, 0.15) is 0 Å². The maximum absolute atomic E-state index is 5.79. The van der Waals surface area contributed by atoms with Crippen LogP contribution in [-0.2, 0) is 5.41 Å². The van der Waals surface area contributed by atoms with E-state index in [0.29, 0.717) is 0 Å². The summed E-state index contributed by atoms with van der Waals surface area (Å²) in [5.41, 5.74) is 2.47. The van der Waals surface area contributed by atoms with Crippen LogP contribution in [0.5, 0.6) is 0 Å². The van der Waals surface area contributed by atoms with E-state index in [1.807, 2.05) is 29.2 Å². The van der Waals surface area contributed by atoms with Gasteiger partial charge in [0.2, 0.25) is 11.8 Å². The van der Waals surface area contributed by atoms with Gasteiger partial charge in [0, 0.05) is 17.5 Å². The lowest BCUT2D eigenvalue weighted by Gasteiger charge is -2.25. The molecule has 0 unspecified atom stereocenters. The third kappa shape index (κ3) is 2.66. The second kappa shape index (κ2) is 6.39. The monoisotopic (exact) mass is 405 g/mol. The molecule has 6 rings (SSSR count). The van der Waals surface area contributed by atoms with E-state index in [0.717, 1.165) is 17.5 Å². The van der Waals surface area contributed by atoms with Crippen molar-refractivity contribution < 1.29 is 8.83 Å². The summed E-state index contributed by atoms with van der Waals surface area (Å²) in [5, 5.41) is 7.60. The Kier molecular flexibility index (Phi) is 3.73. The molecule has 2 aromatic heterocycles. The van der Waals surface area contributed by atoms with E-state index in [1.54, 1.807) is 12.5 Å². The topological polar surface area (TPSA) is 29.5 Å². The lowest BCUT2D eigenvalue weighted by atomic mass is 9.81. The zero-order valence-electron chi connectivity index (χ0n) is 17.8. The van der Waals surface area contributed by atoms with Gasteiger partial charge in [0.05, 0.1) is 18.2 Å². The van der Waals surface area contributed by atoms with Gasteiger partial charge in [-0.05, 0) is 56.1 Å². The molecule has 0 saturated carbocycles. The molecule has 0 aliphatic rings. The zero-order valence-corrected chi connectivity index (χ0v) is 17.8. The quantitative estimate of drug-likeness (QED) is 0.276. The second-order valence-corrected chi connectivity index (χ2v) is 9.11. The first-order valence-corrected chi connectivity index (χ1v) is 10.6. The van der Waals surface area contributed by atoms with Crippen LogP contribution < -0.4 is 4.90 Å². The number of hydrogen-bond donors (Lipinski definition) is 0. The average molecular weight is 405 g/mol. The molecule has 0 radical (unpaired) electrons. The molecular formula is C28H23NO2. The van der Waals surface area contributed by atoms with Crippen LogP contribution in [0.25, 0.3) is 32.3 Å². The van der Waals surface area contributed by atoms with Crippen LogP contribution >= 0.6 is 0 Å². The number of nitrogens with zero attached hydrogens (tertiary/aromatic N) is 1. The van der Waals surface area contributed by atoms with E-state index in [9.17, 15) is 0 Å². The number of benzene rings is 4. The smallest absolute Gasteiger partial charge is 0.206 e. The molecule has 152 valence electrons. The Labute approximate surface area is 180 Å². The predicted octanol–water partition coefficient (Wildman–Crippen LogP) is 8.54. The Balaban J connectivity index is 1.73. The van der Waals surface area contributed by atoms with Crippen LogP contribution in [0.2, 0.25) is 0 Å². The summed E-state index contributed by atoms with van der Waals surface area (Å²) in [5.74, 6) is 1.45. The van der Waals surface area contributed by atoms with E-state index in [1.165, 1.54) is 37.9 Å². The molecule has 0 amide bonds. The highest BCUT2D eigenvalue weighted by atomic mass is 16.4. The highest BCUT2D eigenvalue weighted by molar-refractivity contribution is 6.26. The SMILES string of the molecule is CC(C)(C)c1ccc2ccc3c(N(c4ccco4)c4ccco4)ccc4ccc1c2c43. The number of hydrogen-bond acceptors (Lipinski definition) is 3. The second-order valence-electron chi connectivity index (χ2n) is 9.11. The van der Waals surface area contributed by atoms with Gasteiger partial charge in [-0.3, -0.25) is 4.90 Å². The van der Waals surface area contributed by atoms with Crippen LogP contribution in [0, 0.1) is 0 Å². The van der Waals surface area contributed by atoms with Gasteiger partial charge in [-0.15, -0.1) is 0 Å². The van der Waals surface area contributed by atoms with Gasteiger partial charge >= 0.3 is 0 Å². The summed E-state index contributed by atoms with van der Waals surface area (Å²) in [6.07, 6.45) is 3.38. The van der Waals surface area contributed by atoms with Crippen molar-refractivity contribution in [1.29, 1.82) is 0 Å². The van der Waals surface area contributed by atoms with Crippen LogP contribution in [0.15, 0.2) is 94.2 Å². The highest BCUT2D eigenvalue weighted by Gasteiger charge is 2.23. The van der Waals surface area contributed by atoms with Crippen LogP contribution in [-0.4, -0.2) is 0 Å². The van der Waals surface area contributed by atoms with E-state index in [-0.39, 0.29) is 5.41 Å². The molecule has 0 N–H and O–H groups in total. The number of rotatable bonds is 3. The maximum Gasteiger partial charge on any atom is 0.206 e. The fourth-order valence-corrected chi connectivity index (χ4v) is 4.77. The summed E-state index contributed by atoms with van der Waals surface area (Å²) >= 11 is 0. The van der Waals surface area contributed by atoms with Crippen molar-refractivity contribution in [1.82, 2.24) is 0 Å². The molecule has 0 aliphatic carbocycles. The molecule has 31 heavy (non-hydrogen) atoms. The van der Waals surface area contributed by atoms with Crippen molar-refractivity contribution in [2.75, 3.05) is 4.90 Å². The van der Waals surface area contributed by atoms with Crippen molar-refractivity contribution >= 4 is 49.8 Å². The molecular weight excluding hydrogens is 382 g/mol. The number of furan rings is 2. The minimum Gasteiger partial charge on any atom is -0.448 e. The van der Waals surface area contributed by atoms with Crippen LogP contribution in [0.4, 0.5) is 17.5 Å². The summed E-state index contributed by atoms with van der Waals surface area (Å²) in [7, 11) is 0. The normalized spacial score (nSPS) is 12.4. The number of anilines is 3. The molecule has 6 aromatic rings. The first-order valence-electron chi connectivity index (χ1n) is 10.6. The maximum atomic E-state index is 5.79. The Morgan fingerprint density at radius 2 is 1.16 bits per heavy atom. The fourth-order valence-electron chi connectivity index (χ4n) is 4.77. The predicted molar refractivity (Wildman–Crippen MR) is 128 cm³/mol. The van der Waals surface area contributed by atoms with Gasteiger partial charge in [0.25, 0.3) is 0 Å². The van der Waals surface area contributed by atoms with Crippen LogP contribution in [0.1, 0.15) is 26.3 Å². The average Bonchev–Trinajstić information content (AvgIpc) is 3.47. The molecule has 0 saturated heterocycles. The summed E-state index contributed by atoms with van der Waals surface area (Å²) < 4.78 is 11.6. The summed E-state index contributed by atoms with van der Waals surface area (Å²) in [4.78, 5) is 2.04. The third-order valence-electron chi connectivity index (χ3n) is 6.14. The first-order chi connectivity index (χ1) is 15.0. The minimum absolute atomic E-state index is 0.0690. The van der Waals surface area contributed by atoms with Crippen molar-refractivity contribution in [2.45, 2.75) is 26.2 Å². The first kappa shape index (κ1) is 18.1. The van der Waals surface area contributed by atoms with Gasteiger partial charge in [-0.25, -0.2) is 0 Å². The largest absolute Gasteiger partial charge is 0.448 e. The van der Waals surface area contributed by atoms with Gasteiger partial charge in [0.15, 0.2) is 0 Å². The molecule has 0 aliphatic heterocycles. The fraction of sp³-hybridized carbons (Fsp3) is 0.143. The van der Waals surface area contributed by atoms with Crippen LogP contribution in [0.3, 0.4) is 0 Å². The van der Waals surface area contributed by atoms with E-state index < -0.39 is 0 Å². The Morgan fingerprint density at radius 3 is 1.74 bits per heavy atom. The van der Waals surface area contributed by atoms with Gasteiger partial charge in [-0.1, -0.05) is 63.2 Å². The van der Waals surface area contributed by atoms with Crippen molar-refractivity contribution in [2.24, 2.45) is 0 Å². The Hall–Kier alpha value is -3.72. The lowest BCUT2D eigenvalue weighted by molar-refractivity contribution is 0.540. The molecule has 0 spiro atoms. The molecule has 0 atom stereocenters. The molecule has 3 heteroatoms. The van der Waals surface area contributed by atoms with Crippen molar-refractivity contribution in [3.8, 4) is 0 Å². The Bertz CT molecular complexity index is 1470. The zero-order chi connectivity index (χ0) is 21.2. The summed E-state index contributed by atoms with van der Waals surface area (Å²) in [6.45, 7) is 6.83. The van der Waals surface area contributed by atoms with E-state index in [4.69, 9.17) is 8.83 Å². The van der Waals surface area contributed by atoms with E-state index in [2.05, 4.69) is 69.3 Å². The molecule has 0 bridgehead atoms. The molecule has 4 aromatic carbocycles. The van der Waals surface area contributed by atoms with Crippen molar-refractivity contribution in [3.05, 3.63) is 90.9 Å². The van der Waals surface area contributed by atoms with Gasteiger partial charge in [-0.2, -0.15) is 0 Å². The molecule has 0 fully saturated rings. The summed E-state index contributed by atoms with van der Waals surface area (Å²) in [6, 6.07) is 25.6. The van der Waals surface area contributed by atoms with E-state index >= 15 is 0 Å². The standard InChI is InChI=1S/C28H23NO2/c1-28(2,3)22-14-10-18-9-13-21-23(15-11-19-8-12-20(22)26(18)27(19)21)29(24-6-4-16-30-24)25-7-5-17-31-25/h4-17H,1-3H3. The highest BCUT2D eigenvalue weighted by Crippen LogP contribution is 2.45. The van der Waals surface area contributed by atoms with Crippen molar-refractivity contribution in [3.63, 3.8) is 0 Å². The lowest BCUT2D eigenvalue weighted by Crippen LogP contribution is -2.12. The minimum atomic E-state index is 0.0690. The molecule has 2 heterocycles. The molecule has 3 nitrogen and oxygen atoms in total. The Morgan fingerprint density at radius 1 is 0.613 bits per heavy atom. The van der Waals surface area contributed by atoms with Gasteiger partial charge < -0.3 is 8.83 Å².